The maximum absolute atomic E-state index is 14.0. The van der Waals surface area contributed by atoms with E-state index in [4.69, 9.17) is 9.47 Å². The van der Waals surface area contributed by atoms with Gasteiger partial charge in [-0.05, 0) is 86.8 Å². The van der Waals surface area contributed by atoms with Gasteiger partial charge < -0.3 is 20.1 Å². The Morgan fingerprint density at radius 1 is 0.778 bits per heavy atom. The van der Waals surface area contributed by atoms with Crippen molar-refractivity contribution in [3.63, 3.8) is 0 Å². The van der Waals surface area contributed by atoms with Gasteiger partial charge in [0.05, 0.1) is 13.2 Å². The Bertz CT molecular complexity index is 1490. The van der Waals surface area contributed by atoms with Crippen molar-refractivity contribution in [1.29, 1.82) is 0 Å². The second-order valence-electron chi connectivity index (χ2n) is 12.3. The number of likely N-dealkylation sites (N-methyl/N-ethyl adjacent to an activating group) is 1. The number of carbonyl (C=O) groups is 2. The van der Waals surface area contributed by atoms with Crippen LogP contribution in [0.1, 0.15) is 43.0 Å². The molecule has 0 saturated heterocycles. The van der Waals surface area contributed by atoms with Crippen LogP contribution in [-0.4, -0.2) is 53.5 Å². The molecule has 1 aromatic heterocycles. The molecule has 0 saturated carbocycles. The molecule has 236 valence electrons. The second-order valence-corrected chi connectivity index (χ2v) is 12.3. The number of nitrogens with one attached hydrogen (secondary N) is 2. The number of ether oxygens (including phenoxy) is 2. The van der Waals surface area contributed by atoms with E-state index in [9.17, 15) is 9.59 Å². The predicted molar refractivity (Wildman–Crippen MR) is 177 cm³/mol. The molecular formula is C37H44N4O4. The molecule has 1 heterocycles. The van der Waals surface area contributed by atoms with Gasteiger partial charge in [0, 0.05) is 30.9 Å². The van der Waals surface area contributed by atoms with Crippen molar-refractivity contribution >= 4 is 11.8 Å². The number of benzene rings is 3. The summed E-state index contributed by atoms with van der Waals surface area (Å²) < 4.78 is 11.2. The summed E-state index contributed by atoms with van der Waals surface area (Å²) in [5.41, 5.74) is 3.50. The fourth-order valence-electron chi connectivity index (χ4n) is 4.95. The average molecular weight is 609 g/mol. The van der Waals surface area contributed by atoms with Crippen LogP contribution in [0, 0.1) is 0 Å². The van der Waals surface area contributed by atoms with E-state index in [1.165, 1.54) is 0 Å². The van der Waals surface area contributed by atoms with Crippen LogP contribution in [0.15, 0.2) is 103 Å². The zero-order valence-electron chi connectivity index (χ0n) is 26.8. The minimum Gasteiger partial charge on any atom is -0.497 e. The zero-order chi connectivity index (χ0) is 32.2. The number of hydrogen-bond donors (Lipinski definition) is 2. The van der Waals surface area contributed by atoms with Crippen LogP contribution in [0.2, 0.25) is 0 Å². The van der Waals surface area contributed by atoms with Crippen LogP contribution < -0.4 is 20.1 Å². The molecule has 2 amide bonds. The van der Waals surface area contributed by atoms with Gasteiger partial charge in [-0.1, -0.05) is 60.7 Å². The minimum absolute atomic E-state index is 0.230. The second kappa shape index (κ2) is 15.9. The fourth-order valence-corrected chi connectivity index (χ4v) is 4.95. The van der Waals surface area contributed by atoms with Crippen molar-refractivity contribution in [1.82, 2.24) is 20.5 Å². The molecular weight excluding hydrogens is 564 g/mol. The van der Waals surface area contributed by atoms with E-state index in [1.807, 2.05) is 124 Å². The number of methoxy groups -OCH3 is 1. The molecule has 2 atom stereocenters. The van der Waals surface area contributed by atoms with E-state index < -0.39 is 17.6 Å². The SMILES string of the molecule is COc1ccc(CN(C)C(Cc2cccnc2)C(=O)NC(Cc2ccc(OCc3ccccc3)cc2)C(=O)NC(C)(C)C)cc1. The van der Waals surface area contributed by atoms with Gasteiger partial charge in [0.2, 0.25) is 11.8 Å². The Morgan fingerprint density at radius 3 is 2.04 bits per heavy atom. The number of rotatable bonds is 14. The van der Waals surface area contributed by atoms with Crippen LogP contribution in [0.5, 0.6) is 11.5 Å². The van der Waals surface area contributed by atoms with Gasteiger partial charge >= 0.3 is 0 Å². The lowest BCUT2D eigenvalue weighted by molar-refractivity contribution is -0.132. The summed E-state index contributed by atoms with van der Waals surface area (Å²) in [4.78, 5) is 33.8. The first-order valence-corrected chi connectivity index (χ1v) is 15.2. The lowest BCUT2D eigenvalue weighted by Gasteiger charge is -2.30. The summed E-state index contributed by atoms with van der Waals surface area (Å²) in [7, 11) is 3.55. The van der Waals surface area contributed by atoms with Crippen LogP contribution >= 0.6 is 0 Å². The first-order valence-electron chi connectivity index (χ1n) is 15.2. The number of nitrogens with zero attached hydrogens (tertiary/aromatic N) is 2. The van der Waals surface area contributed by atoms with Crippen molar-refractivity contribution in [2.45, 2.75) is 64.4 Å². The molecule has 2 N–H and O–H groups in total. The zero-order valence-corrected chi connectivity index (χ0v) is 26.8. The van der Waals surface area contributed by atoms with Gasteiger partial charge in [-0.25, -0.2) is 0 Å². The van der Waals surface area contributed by atoms with Gasteiger partial charge in [0.15, 0.2) is 0 Å². The van der Waals surface area contributed by atoms with Gasteiger partial charge in [0.25, 0.3) is 0 Å². The van der Waals surface area contributed by atoms with Crippen molar-refractivity contribution in [2.24, 2.45) is 0 Å². The molecule has 4 rings (SSSR count). The highest BCUT2D eigenvalue weighted by Gasteiger charge is 2.30. The molecule has 0 bridgehead atoms. The highest BCUT2D eigenvalue weighted by molar-refractivity contribution is 5.90. The molecule has 8 heteroatoms. The van der Waals surface area contributed by atoms with E-state index in [-0.39, 0.29) is 11.8 Å². The van der Waals surface area contributed by atoms with Gasteiger partial charge in [-0.15, -0.1) is 0 Å². The van der Waals surface area contributed by atoms with E-state index in [1.54, 1.807) is 19.5 Å². The third-order valence-corrected chi connectivity index (χ3v) is 7.32. The topological polar surface area (TPSA) is 92.8 Å². The molecule has 2 unspecified atom stereocenters. The summed E-state index contributed by atoms with van der Waals surface area (Å²) in [6, 6.07) is 27.9. The largest absolute Gasteiger partial charge is 0.497 e. The molecule has 45 heavy (non-hydrogen) atoms. The molecule has 0 aliphatic rings. The van der Waals surface area contributed by atoms with Crippen molar-refractivity contribution in [3.05, 3.63) is 126 Å². The first-order chi connectivity index (χ1) is 21.6. The van der Waals surface area contributed by atoms with Crippen LogP contribution in [0.4, 0.5) is 0 Å². The smallest absolute Gasteiger partial charge is 0.243 e. The summed E-state index contributed by atoms with van der Waals surface area (Å²) in [6.45, 7) is 6.78. The van der Waals surface area contributed by atoms with Crippen LogP contribution in [-0.2, 0) is 35.6 Å². The van der Waals surface area contributed by atoms with E-state index in [2.05, 4.69) is 15.6 Å². The molecule has 0 aliphatic carbocycles. The Balaban J connectivity index is 1.51. The lowest BCUT2D eigenvalue weighted by atomic mass is 10.0. The molecule has 0 fully saturated rings. The number of carbonyl (C=O) groups excluding carboxylic acids is 2. The maximum atomic E-state index is 14.0. The number of aromatic nitrogens is 1. The molecule has 0 aliphatic heterocycles. The van der Waals surface area contributed by atoms with Gasteiger partial charge in [-0.2, -0.15) is 0 Å². The first kappa shape index (κ1) is 33.2. The fraction of sp³-hybridized carbons (Fsp3) is 0.324. The van der Waals surface area contributed by atoms with E-state index in [0.29, 0.717) is 26.0 Å². The van der Waals surface area contributed by atoms with Crippen molar-refractivity contribution in [3.8, 4) is 11.5 Å². The maximum Gasteiger partial charge on any atom is 0.243 e. The van der Waals surface area contributed by atoms with Crippen molar-refractivity contribution < 1.29 is 19.1 Å². The quantitative estimate of drug-likeness (QED) is 0.200. The molecule has 3 aromatic carbocycles. The average Bonchev–Trinajstić information content (AvgIpc) is 3.03. The Hall–Kier alpha value is -4.69. The molecule has 8 nitrogen and oxygen atoms in total. The predicted octanol–water partition coefficient (Wildman–Crippen LogP) is 5.35. The normalized spacial score (nSPS) is 12.7. The molecule has 0 radical (unpaired) electrons. The summed E-state index contributed by atoms with van der Waals surface area (Å²) >= 11 is 0. The van der Waals surface area contributed by atoms with Crippen molar-refractivity contribution in [2.75, 3.05) is 14.2 Å². The monoisotopic (exact) mass is 608 g/mol. The summed E-state index contributed by atoms with van der Waals surface area (Å²) in [6.07, 6.45) is 4.25. The van der Waals surface area contributed by atoms with E-state index in [0.717, 1.165) is 33.8 Å². The van der Waals surface area contributed by atoms with Gasteiger partial charge in [-0.3, -0.25) is 19.5 Å². The van der Waals surface area contributed by atoms with E-state index >= 15 is 0 Å². The highest BCUT2D eigenvalue weighted by Crippen LogP contribution is 2.18. The highest BCUT2D eigenvalue weighted by atomic mass is 16.5. The number of amides is 2. The number of hydrogen-bond acceptors (Lipinski definition) is 6. The van der Waals surface area contributed by atoms with Crippen LogP contribution in [0.3, 0.4) is 0 Å². The lowest BCUT2D eigenvalue weighted by Crippen LogP contribution is -2.56. The number of pyridine rings is 1. The Kier molecular flexibility index (Phi) is 11.7. The summed E-state index contributed by atoms with van der Waals surface area (Å²) in [5.74, 6) is 1.04. The van der Waals surface area contributed by atoms with Crippen LogP contribution in [0.25, 0.3) is 0 Å². The third-order valence-electron chi connectivity index (χ3n) is 7.32. The Morgan fingerprint density at radius 2 is 1.42 bits per heavy atom. The van der Waals surface area contributed by atoms with Gasteiger partial charge in [0.1, 0.15) is 24.1 Å². The molecule has 0 spiro atoms. The minimum atomic E-state index is -0.779. The Labute approximate surface area is 266 Å². The third kappa shape index (κ3) is 10.8. The molecule has 4 aromatic rings. The summed E-state index contributed by atoms with van der Waals surface area (Å²) in [5, 5.41) is 6.14. The standard InChI is InChI=1S/C37H44N4O4/c1-37(2,3)40-35(42)33(22-27-13-19-32(20-14-27)45-26-29-10-7-6-8-11-29)39-36(43)34(23-30-12-9-21-38-24-30)41(4)25-28-15-17-31(44-5)18-16-28/h6-21,24,33-34H,22-23,25-26H2,1-5H3,(H,39,43)(H,40,42).